The van der Waals surface area contributed by atoms with Gasteiger partial charge in [-0.15, -0.1) is 0 Å². The highest BCUT2D eigenvalue weighted by Crippen LogP contribution is 2.28. The summed E-state index contributed by atoms with van der Waals surface area (Å²) in [7, 11) is -4.21. The minimum Gasteiger partial charge on any atom is -0.305 e. The van der Waals surface area contributed by atoms with Gasteiger partial charge in [-0.3, -0.25) is 4.55 Å². The highest BCUT2D eigenvalue weighted by molar-refractivity contribution is 9.10. The Labute approximate surface area is 176 Å². The number of nitrogens with one attached hydrogen (secondary N) is 1. The molecule has 2 N–H and O–H groups in total. The van der Waals surface area contributed by atoms with Crippen molar-refractivity contribution in [1.82, 2.24) is 19.8 Å². The Morgan fingerprint density at radius 3 is 2.63 bits per heavy atom. The monoisotopic (exact) mass is 495 g/mol. The number of halogens is 3. The van der Waals surface area contributed by atoms with Crippen LogP contribution in [0.1, 0.15) is 12.0 Å². The van der Waals surface area contributed by atoms with Crippen molar-refractivity contribution in [1.29, 1.82) is 0 Å². The molecular weight excluding hydrogens is 479 g/mol. The molecule has 2 aromatic rings. The zero-order valence-corrected chi connectivity index (χ0v) is 18.1. The summed E-state index contributed by atoms with van der Waals surface area (Å²) in [5.74, 6) is -0.0984. The zero-order chi connectivity index (χ0) is 19.7. The van der Waals surface area contributed by atoms with Gasteiger partial charge in [0.25, 0.3) is 0 Å². The predicted octanol–water partition coefficient (Wildman–Crippen LogP) is 3.26. The molecule has 0 radical (unpaired) electrons. The number of likely N-dealkylation sites (tertiary alicyclic amines) is 1. The van der Waals surface area contributed by atoms with Crippen LogP contribution in [0.25, 0.3) is 0 Å². The molecule has 1 fully saturated rings. The maximum absolute atomic E-state index is 11.6. The quantitative estimate of drug-likeness (QED) is 0.471. The molecule has 7 nitrogen and oxygen atoms in total. The number of quaternary nitrogens is 1. The molecule has 2 heterocycles. The highest BCUT2D eigenvalue weighted by Gasteiger charge is 2.45. The number of nitrogens with zero attached hydrogens (tertiary/aromatic N) is 3. The molecule has 0 amide bonds. The maximum atomic E-state index is 11.6. The standard InChI is InChI=1S/C16H17BrCl2N4O3S/c17-12-7-21-16(22-8-12)23(10-27(24,25)26)4-3-14(9-23)20-6-11-1-2-13(18)5-15(11)19/h1-2,5,7-8,14,20H,3-4,6,9-10H2/p+1/t14-,23?/m0/s1. The predicted molar refractivity (Wildman–Crippen MR) is 109 cm³/mol. The van der Waals surface area contributed by atoms with Crippen LogP contribution >= 0.6 is 39.1 Å². The Hall–Kier alpha value is -0.810. The summed E-state index contributed by atoms with van der Waals surface area (Å²) >= 11 is 15.4. The maximum Gasteiger partial charge on any atom is 0.329 e. The number of hydrogen-bond donors (Lipinski definition) is 2. The topological polar surface area (TPSA) is 92.2 Å². The van der Waals surface area contributed by atoms with Crippen LogP contribution in [0.2, 0.25) is 10.0 Å². The first-order chi connectivity index (χ1) is 12.7. The van der Waals surface area contributed by atoms with Crippen molar-refractivity contribution in [3.63, 3.8) is 0 Å². The van der Waals surface area contributed by atoms with Crippen LogP contribution in [-0.2, 0) is 16.7 Å². The minimum absolute atomic E-state index is 0.0192. The molecule has 146 valence electrons. The molecule has 3 rings (SSSR count). The van der Waals surface area contributed by atoms with E-state index < -0.39 is 16.0 Å². The van der Waals surface area contributed by atoms with Crippen molar-refractivity contribution in [3.8, 4) is 0 Å². The molecule has 11 heteroatoms. The summed E-state index contributed by atoms with van der Waals surface area (Å²) in [6.07, 6.45) is 3.85. The van der Waals surface area contributed by atoms with Gasteiger partial charge in [-0.05, 0) is 33.6 Å². The lowest BCUT2D eigenvalue weighted by atomic mass is 10.2. The lowest BCUT2D eigenvalue weighted by Crippen LogP contribution is -2.53. The van der Waals surface area contributed by atoms with Crippen molar-refractivity contribution in [2.24, 2.45) is 0 Å². The Bertz CT molecular complexity index is 930. The van der Waals surface area contributed by atoms with Crippen molar-refractivity contribution in [3.05, 3.63) is 50.7 Å². The third-order valence-electron chi connectivity index (χ3n) is 4.51. The van der Waals surface area contributed by atoms with Crippen molar-refractivity contribution < 1.29 is 13.0 Å². The molecule has 0 spiro atoms. The average Bonchev–Trinajstić information content (AvgIpc) is 2.97. The number of benzene rings is 1. The second-order valence-electron chi connectivity index (χ2n) is 6.57. The molecular formula is C16H18BrCl2N4O3S+. The van der Waals surface area contributed by atoms with Gasteiger partial charge in [-0.25, -0.2) is 4.48 Å². The van der Waals surface area contributed by atoms with E-state index in [4.69, 9.17) is 23.2 Å². The second-order valence-corrected chi connectivity index (χ2v) is 9.75. The first-order valence-corrected chi connectivity index (χ1v) is 11.3. The van der Waals surface area contributed by atoms with E-state index in [1.165, 1.54) is 0 Å². The van der Waals surface area contributed by atoms with Crippen LogP contribution in [0.3, 0.4) is 0 Å². The molecule has 0 saturated carbocycles. The van der Waals surface area contributed by atoms with Crippen molar-refractivity contribution in [2.45, 2.75) is 19.0 Å². The van der Waals surface area contributed by atoms with Crippen LogP contribution < -0.4 is 9.80 Å². The Kier molecular flexibility index (Phi) is 6.41. The lowest BCUT2D eigenvalue weighted by molar-refractivity contribution is 0.333. The molecule has 0 bridgehead atoms. The molecule has 1 saturated heterocycles. The van der Waals surface area contributed by atoms with E-state index in [2.05, 4.69) is 31.2 Å². The fourth-order valence-electron chi connectivity index (χ4n) is 3.31. The molecule has 1 aromatic heterocycles. The van der Waals surface area contributed by atoms with Crippen LogP contribution in [0, 0.1) is 0 Å². The van der Waals surface area contributed by atoms with Crippen LogP contribution in [0.4, 0.5) is 5.95 Å². The number of hydrogen-bond acceptors (Lipinski definition) is 5. The molecule has 2 atom stereocenters. The van der Waals surface area contributed by atoms with Crippen molar-refractivity contribution in [2.75, 3.05) is 19.0 Å². The summed E-state index contributed by atoms with van der Waals surface area (Å²) in [6.45, 7) is 1.45. The molecule has 1 aliphatic heterocycles. The van der Waals surface area contributed by atoms with E-state index in [1.807, 2.05) is 6.07 Å². The SMILES string of the molecule is O=S(=O)(O)C[N+]1(c2ncc(Br)cn2)CC[C@H](NCc2ccc(Cl)cc2Cl)C1. The highest BCUT2D eigenvalue weighted by atomic mass is 79.9. The zero-order valence-electron chi connectivity index (χ0n) is 14.1. The molecule has 1 aliphatic rings. The molecule has 1 aromatic carbocycles. The van der Waals surface area contributed by atoms with E-state index in [9.17, 15) is 13.0 Å². The van der Waals surface area contributed by atoms with E-state index in [-0.39, 0.29) is 10.5 Å². The van der Waals surface area contributed by atoms with Crippen LogP contribution in [0.5, 0.6) is 0 Å². The smallest absolute Gasteiger partial charge is 0.305 e. The molecule has 0 aliphatic carbocycles. The minimum atomic E-state index is -4.21. The van der Waals surface area contributed by atoms with Gasteiger partial charge in [0.2, 0.25) is 5.88 Å². The largest absolute Gasteiger partial charge is 0.329 e. The fraction of sp³-hybridized carbons (Fsp3) is 0.375. The number of aromatic nitrogens is 2. The average molecular weight is 497 g/mol. The van der Waals surface area contributed by atoms with Gasteiger partial charge in [0.05, 0.1) is 29.5 Å². The Morgan fingerprint density at radius 2 is 2.00 bits per heavy atom. The summed E-state index contributed by atoms with van der Waals surface area (Å²) in [5, 5.41) is 4.54. The third kappa shape index (κ3) is 5.38. The Morgan fingerprint density at radius 1 is 1.30 bits per heavy atom. The van der Waals surface area contributed by atoms with E-state index in [0.29, 0.717) is 46.5 Å². The summed E-state index contributed by atoms with van der Waals surface area (Å²) in [6, 6.07) is 5.33. The lowest BCUT2D eigenvalue weighted by Gasteiger charge is -2.29. The van der Waals surface area contributed by atoms with Gasteiger partial charge in [0.15, 0.2) is 0 Å². The van der Waals surface area contributed by atoms with Gasteiger partial charge in [0, 0.05) is 23.0 Å². The van der Waals surface area contributed by atoms with Gasteiger partial charge < -0.3 is 5.32 Å². The van der Waals surface area contributed by atoms with E-state index in [0.717, 1.165) is 5.56 Å². The molecule has 27 heavy (non-hydrogen) atoms. The number of rotatable bonds is 6. The summed E-state index contributed by atoms with van der Waals surface area (Å²) < 4.78 is 33.4. The Balaban J connectivity index is 1.76. The normalized spacial score (nSPS) is 22.9. The van der Waals surface area contributed by atoms with Crippen LogP contribution in [-0.4, -0.2) is 47.9 Å². The summed E-state index contributed by atoms with van der Waals surface area (Å²) in [4.78, 5) is 8.54. The fourth-order valence-corrected chi connectivity index (χ4v) is 4.97. The van der Waals surface area contributed by atoms with Crippen LogP contribution in [0.15, 0.2) is 35.1 Å². The summed E-state index contributed by atoms with van der Waals surface area (Å²) in [5.41, 5.74) is 0.903. The first-order valence-electron chi connectivity index (χ1n) is 8.14. The molecule has 1 unspecified atom stereocenters. The van der Waals surface area contributed by atoms with Gasteiger partial charge >= 0.3 is 16.1 Å². The first kappa shape index (κ1) is 20.9. The van der Waals surface area contributed by atoms with Gasteiger partial charge in [0.1, 0.15) is 6.54 Å². The van der Waals surface area contributed by atoms with Gasteiger partial charge in [-0.2, -0.15) is 18.4 Å². The second kappa shape index (κ2) is 8.28. The van der Waals surface area contributed by atoms with Gasteiger partial charge in [-0.1, -0.05) is 29.3 Å². The third-order valence-corrected chi connectivity index (χ3v) is 6.33. The van der Waals surface area contributed by atoms with Crippen molar-refractivity contribution >= 4 is 55.2 Å². The van der Waals surface area contributed by atoms with E-state index in [1.54, 1.807) is 24.5 Å². The van der Waals surface area contributed by atoms with E-state index >= 15 is 0 Å².